The van der Waals surface area contributed by atoms with Gasteiger partial charge in [0.2, 0.25) is 4.21 Å². The van der Waals surface area contributed by atoms with Crippen molar-refractivity contribution in [2.45, 2.75) is 17.3 Å². The third-order valence-corrected chi connectivity index (χ3v) is 6.96. The van der Waals surface area contributed by atoms with E-state index in [1.807, 2.05) is 16.7 Å². The van der Waals surface area contributed by atoms with Crippen molar-refractivity contribution in [2.75, 3.05) is 6.54 Å². The third kappa shape index (κ3) is 2.51. The van der Waals surface area contributed by atoms with E-state index < -0.39 is 10.4 Å². The Bertz CT molecular complexity index is 863. The van der Waals surface area contributed by atoms with Crippen LogP contribution in [-0.2, 0) is 27.7 Å². The molecule has 3 aromatic rings. The second-order valence-corrected chi connectivity index (χ2v) is 8.21. The molecule has 7 nitrogen and oxygen atoms in total. The lowest BCUT2D eigenvalue weighted by Gasteiger charge is -2.29. The quantitative estimate of drug-likeness (QED) is 0.675. The molecule has 118 valence electrons. The predicted octanol–water partition coefficient (Wildman–Crippen LogP) is 1.82. The van der Waals surface area contributed by atoms with Gasteiger partial charge in [-0.1, -0.05) is 15.5 Å². The highest BCUT2D eigenvalue weighted by molar-refractivity contribution is 7.97. The van der Waals surface area contributed by atoms with Crippen molar-refractivity contribution < 1.29 is 8.76 Å². The van der Waals surface area contributed by atoms with Gasteiger partial charge in [0.15, 0.2) is 22.0 Å². The number of hydrogen-bond acceptors (Lipinski definition) is 6. The predicted molar refractivity (Wildman–Crippen MR) is 85.1 cm³/mol. The van der Waals surface area contributed by atoms with Crippen molar-refractivity contribution in [3.63, 3.8) is 0 Å². The summed E-state index contributed by atoms with van der Waals surface area (Å²) in [6.45, 7) is 1.17. The minimum Gasteiger partial charge on any atom is -0.592 e. The molecule has 23 heavy (non-hydrogen) atoms. The van der Waals surface area contributed by atoms with Crippen molar-refractivity contribution >= 4 is 21.7 Å². The number of nitrogens with zero attached hydrogens (tertiary/aromatic N) is 5. The maximum atomic E-state index is 12.6. The Labute approximate surface area is 138 Å². The van der Waals surface area contributed by atoms with Gasteiger partial charge in [-0.2, -0.15) is 0 Å². The Hall–Kier alpha value is -1.94. The van der Waals surface area contributed by atoms with Gasteiger partial charge in [0.05, 0.1) is 6.54 Å². The maximum absolute atomic E-state index is 12.6. The van der Waals surface area contributed by atoms with Crippen LogP contribution in [0.2, 0.25) is 0 Å². The zero-order valence-corrected chi connectivity index (χ0v) is 13.7. The minimum absolute atomic E-state index is 0.234. The number of aromatic nitrogens is 4. The summed E-state index contributed by atoms with van der Waals surface area (Å²) in [5, 5.41) is 10.1. The van der Waals surface area contributed by atoms with Crippen molar-refractivity contribution in [2.24, 2.45) is 0 Å². The van der Waals surface area contributed by atoms with Gasteiger partial charge in [-0.3, -0.25) is 4.98 Å². The van der Waals surface area contributed by atoms with E-state index in [1.165, 1.54) is 15.6 Å². The second kappa shape index (κ2) is 5.60. The highest BCUT2D eigenvalue weighted by atomic mass is 32.3. The molecular weight excluding hydrogens is 334 g/mol. The Kier molecular flexibility index (Phi) is 3.57. The zero-order valence-electron chi connectivity index (χ0n) is 12.0. The molecule has 1 aliphatic rings. The fraction of sp³-hybridized carbons (Fsp3) is 0.214. The van der Waals surface area contributed by atoms with Crippen LogP contribution in [0.4, 0.5) is 0 Å². The summed E-state index contributed by atoms with van der Waals surface area (Å²) < 4.78 is 29.0. The Morgan fingerprint density at radius 2 is 2.00 bits per heavy atom. The lowest BCUT2D eigenvalue weighted by atomic mass is 10.2. The van der Waals surface area contributed by atoms with Crippen LogP contribution in [0.25, 0.3) is 11.4 Å². The maximum Gasteiger partial charge on any atom is 0.229 e. The van der Waals surface area contributed by atoms with Crippen LogP contribution in [-0.4, -0.2) is 35.2 Å². The molecule has 0 amide bonds. The van der Waals surface area contributed by atoms with Gasteiger partial charge < -0.3 is 9.12 Å². The number of sulfonamides is 1. The van der Waals surface area contributed by atoms with E-state index in [-0.39, 0.29) is 6.54 Å². The van der Waals surface area contributed by atoms with Gasteiger partial charge in [-0.25, -0.2) is 0 Å². The smallest absolute Gasteiger partial charge is 0.229 e. The SMILES string of the molecule is O=[S+]([O-])(c1cccs1)N1CCn2c(nnc2-c2ccncc2)C1. The molecule has 3 aromatic heterocycles. The van der Waals surface area contributed by atoms with E-state index in [4.69, 9.17) is 0 Å². The first-order chi connectivity index (χ1) is 11.2. The first-order valence-electron chi connectivity index (χ1n) is 7.02. The average molecular weight is 347 g/mol. The number of rotatable bonds is 3. The fourth-order valence-electron chi connectivity index (χ4n) is 2.59. The molecule has 1 unspecified atom stereocenters. The summed E-state index contributed by atoms with van der Waals surface area (Å²) in [4.78, 5) is 4.00. The van der Waals surface area contributed by atoms with Crippen LogP contribution >= 0.6 is 11.3 Å². The van der Waals surface area contributed by atoms with E-state index in [9.17, 15) is 8.76 Å². The molecular formula is C14H13N5O2S2. The van der Waals surface area contributed by atoms with Crippen molar-refractivity contribution in [1.82, 2.24) is 24.1 Å². The normalized spacial score (nSPS) is 17.6. The molecule has 1 atom stereocenters. The summed E-state index contributed by atoms with van der Waals surface area (Å²) in [6, 6.07) is 7.10. The Morgan fingerprint density at radius 3 is 2.74 bits per heavy atom. The molecule has 0 saturated carbocycles. The minimum atomic E-state index is -3.46. The van der Waals surface area contributed by atoms with E-state index in [0.29, 0.717) is 23.1 Å². The summed E-state index contributed by atoms with van der Waals surface area (Å²) >= 11 is 1.23. The largest absolute Gasteiger partial charge is 0.592 e. The van der Waals surface area contributed by atoms with Gasteiger partial charge in [0, 0.05) is 30.6 Å². The van der Waals surface area contributed by atoms with Gasteiger partial charge in [0.25, 0.3) is 0 Å². The molecule has 0 spiro atoms. The average Bonchev–Trinajstić information content (AvgIpc) is 3.25. The van der Waals surface area contributed by atoms with E-state index in [2.05, 4.69) is 15.2 Å². The zero-order chi connectivity index (χ0) is 15.9. The molecule has 0 bridgehead atoms. The molecule has 9 heteroatoms. The number of fused-ring (bicyclic) bond motifs is 1. The first kappa shape index (κ1) is 14.6. The van der Waals surface area contributed by atoms with E-state index in [1.54, 1.807) is 29.9 Å². The lowest BCUT2D eigenvalue weighted by Crippen LogP contribution is -2.41. The summed E-state index contributed by atoms with van der Waals surface area (Å²) in [5.74, 6) is 1.40. The topological polar surface area (TPSA) is 87.0 Å². The van der Waals surface area contributed by atoms with Crippen molar-refractivity contribution in [3.05, 3.63) is 47.9 Å². The molecule has 0 radical (unpaired) electrons. The van der Waals surface area contributed by atoms with Crippen LogP contribution in [0, 0.1) is 0 Å². The molecule has 0 aromatic carbocycles. The first-order valence-corrected chi connectivity index (χ1v) is 9.34. The highest BCUT2D eigenvalue weighted by Crippen LogP contribution is 2.30. The fourth-order valence-corrected chi connectivity index (χ4v) is 5.12. The third-order valence-electron chi connectivity index (χ3n) is 3.75. The van der Waals surface area contributed by atoms with Crippen LogP contribution in [0.5, 0.6) is 0 Å². The van der Waals surface area contributed by atoms with Crippen molar-refractivity contribution in [3.8, 4) is 11.4 Å². The Balaban J connectivity index is 1.65. The van der Waals surface area contributed by atoms with Crippen LogP contribution < -0.4 is 0 Å². The Morgan fingerprint density at radius 1 is 1.17 bits per heavy atom. The molecule has 0 aliphatic carbocycles. The van der Waals surface area contributed by atoms with E-state index >= 15 is 0 Å². The van der Waals surface area contributed by atoms with Crippen LogP contribution in [0.15, 0.2) is 46.2 Å². The second-order valence-electron chi connectivity index (χ2n) is 5.10. The summed E-state index contributed by atoms with van der Waals surface area (Å²) in [6.07, 6.45) is 3.40. The molecule has 0 fully saturated rings. The molecule has 0 N–H and O–H groups in total. The number of thiophene rings is 1. The standard InChI is InChI=1S/C14H13N5O2S2/c20-23(21,13-2-1-9-22-13)18-7-8-19-12(10-18)16-17-14(19)11-3-5-15-6-4-11/h1-6,9H,7-8,10H2. The molecule has 4 heterocycles. The molecule has 0 saturated heterocycles. The van der Waals surface area contributed by atoms with Gasteiger partial charge >= 0.3 is 0 Å². The molecule has 4 rings (SSSR count). The van der Waals surface area contributed by atoms with Crippen LogP contribution in [0.3, 0.4) is 0 Å². The number of pyridine rings is 1. The lowest BCUT2D eigenvalue weighted by molar-refractivity contribution is 0.304. The van der Waals surface area contributed by atoms with Gasteiger partial charge in [-0.05, 0) is 23.6 Å². The summed E-state index contributed by atoms with van der Waals surface area (Å²) in [7, 11) is -3.46. The number of hydrogen-bond donors (Lipinski definition) is 0. The van der Waals surface area contributed by atoms with E-state index in [0.717, 1.165) is 11.4 Å². The molecule has 1 aliphatic heterocycles. The van der Waals surface area contributed by atoms with Crippen LogP contribution in [0.1, 0.15) is 5.82 Å². The monoisotopic (exact) mass is 347 g/mol. The highest BCUT2D eigenvalue weighted by Gasteiger charge is 2.35. The van der Waals surface area contributed by atoms with Gasteiger partial charge in [0.1, 0.15) is 6.54 Å². The van der Waals surface area contributed by atoms with Crippen molar-refractivity contribution in [1.29, 1.82) is 0 Å². The summed E-state index contributed by atoms with van der Waals surface area (Å²) in [5.41, 5.74) is 0.924. The van der Waals surface area contributed by atoms with Gasteiger partial charge in [-0.15, -0.1) is 14.5 Å².